The van der Waals surface area contributed by atoms with Crippen molar-refractivity contribution in [1.82, 2.24) is 0 Å². The van der Waals surface area contributed by atoms with Gasteiger partial charge >= 0.3 is 0 Å². The standard InChI is InChI=1S/C16H14BrFO2S/c17-12-4-9-15-11(10-12)2-1-3-16(15)21(19,20)14-7-5-13(18)6-8-14/h4-10,16H,1-3H2. The molecule has 1 atom stereocenters. The van der Waals surface area contributed by atoms with Gasteiger partial charge in [-0.2, -0.15) is 0 Å². The number of sulfone groups is 1. The van der Waals surface area contributed by atoms with Crippen molar-refractivity contribution in [2.24, 2.45) is 0 Å². The second kappa shape index (κ2) is 5.54. The second-order valence-electron chi connectivity index (χ2n) is 5.22. The van der Waals surface area contributed by atoms with Gasteiger partial charge in [0.1, 0.15) is 5.82 Å². The van der Waals surface area contributed by atoms with Crippen LogP contribution in [0.4, 0.5) is 4.39 Å². The Kier molecular flexibility index (Phi) is 3.88. The van der Waals surface area contributed by atoms with Gasteiger partial charge in [0.25, 0.3) is 0 Å². The molecule has 0 heterocycles. The summed E-state index contributed by atoms with van der Waals surface area (Å²) in [5.41, 5.74) is 1.94. The zero-order valence-electron chi connectivity index (χ0n) is 11.2. The van der Waals surface area contributed by atoms with Gasteiger partial charge in [0, 0.05) is 4.47 Å². The maximum atomic E-state index is 13.0. The van der Waals surface area contributed by atoms with Gasteiger partial charge in [0.2, 0.25) is 0 Å². The molecule has 110 valence electrons. The van der Waals surface area contributed by atoms with Crippen molar-refractivity contribution >= 4 is 25.8 Å². The highest BCUT2D eigenvalue weighted by Gasteiger charge is 2.32. The predicted octanol–water partition coefficient (Wildman–Crippen LogP) is 4.44. The number of benzene rings is 2. The first-order valence-electron chi connectivity index (χ1n) is 6.76. The van der Waals surface area contributed by atoms with Crippen LogP contribution in [-0.2, 0) is 16.3 Å². The van der Waals surface area contributed by atoms with E-state index in [1.54, 1.807) is 0 Å². The summed E-state index contributed by atoms with van der Waals surface area (Å²) in [4.78, 5) is 0.185. The van der Waals surface area contributed by atoms with Crippen molar-refractivity contribution < 1.29 is 12.8 Å². The molecule has 1 aliphatic rings. The maximum absolute atomic E-state index is 13.0. The van der Waals surface area contributed by atoms with E-state index in [0.717, 1.165) is 28.4 Å². The van der Waals surface area contributed by atoms with E-state index in [-0.39, 0.29) is 4.90 Å². The molecule has 21 heavy (non-hydrogen) atoms. The van der Waals surface area contributed by atoms with E-state index in [1.807, 2.05) is 18.2 Å². The number of fused-ring (bicyclic) bond motifs is 1. The molecule has 0 amide bonds. The van der Waals surface area contributed by atoms with E-state index in [2.05, 4.69) is 15.9 Å². The molecule has 0 saturated heterocycles. The van der Waals surface area contributed by atoms with Crippen LogP contribution in [0.5, 0.6) is 0 Å². The summed E-state index contributed by atoms with van der Waals surface area (Å²) in [6.07, 6.45) is 2.34. The van der Waals surface area contributed by atoms with E-state index in [4.69, 9.17) is 0 Å². The molecule has 2 aromatic carbocycles. The van der Waals surface area contributed by atoms with Gasteiger partial charge < -0.3 is 0 Å². The third-order valence-electron chi connectivity index (χ3n) is 3.88. The summed E-state index contributed by atoms with van der Waals surface area (Å²) >= 11 is 3.42. The minimum absolute atomic E-state index is 0.185. The van der Waals surface area contributed by atoms with Gasteiger partial charge in [0.05, 0.1) is 10.1 Å². The molecule has 5 heteroatoms. The Bertz CT molecular complexity index is 769. The molecule has 3 rings (SSSR count). The molecule has 0 radical (unpaired) electrons. The summed E-state index contributed by atoms with van der Waals surface area (Å²) in [5, 5.41) is -0.542. The average molecular weight is 369 g/mol. The summed E-state index contributed by atoms with van der Waals surface area (Å²) in [5.74, 6) is -0.429. The third-order valence-corrected chi connectivity index (χ3v) is 6.54. The molecule has 1 aliphatic carbocycles. The lowest BCUT2D eigenvalue weighted by Crippen LogP contribution is -2.19. The van der Waals surface area contributed by atoms with Crippen molar-refractivity contribution in [3.05, 3.63) is 63.9 Å². The third kappa shape index (κ3) is 2.77. The number of hydrogen-bond donors (Lipinski definition) is 0. The summed E-state index contributed by atoms with van der Waals surface area (Å²) < 4.78 is 39.6. The Morgan fingerprint density at radius 3 is 2.52 bits per heavy atom. The fourth-order valence-corrected chi connectivity index (χ4v) is 5.14. The van der Waals surface area contributed by atoms with E-state index in [9.17, 15) is 12.8 Å². The molecule has 0 aromatic heterocycles. The highest BCUT2D eigenvalue weighted by Crippen LogP contribution is 2.39. The van der Waals surface area contributed by atoms with E-state index in [0.29, 0.717) is 6.42 Å². The van der Waals surface area contributed by atoms with Crippen molar-refractivity contribution in [2.45, 2.75) is 29.4 Å². The highest BCUT2D eigenvalue weighted by atomic mass is 79.9. The predicted molar refractivity (Wildman–Crippen MR) is 83.4 cm³/mol. The van der Waals surface area contributed by atoms with Crippen LogP contribution >= 0.6 is 15.9 Å². The van der Waals surface area contributed by atoms with Gasteiger partial charge in [0.15, 0.2) is 9.84 Å². The van der Waals surface area contributed by atoms with Crippen LogP contribution in [-0.4, -0.2) is 8.42 Å². The first-order valence-corrected chi connectivity index (χ1v) is 9.10. The van der Waals surface area contributed by atoms with Crippen LogP contribution in [0.25, 0.3) is 0 Å². The van der Waals surface area contributed by atoms with Gasteiger partial charge in [-0.3, -0.25) is 0 Å². The van der Waals surface area contributed by atoms with Gasteiger partial charge in [-0.05, 0) is 66.8 Å². The molecule has 2 nitrogen and oxygen atoms in total. The highest BCUT2D eigenvalue weighted by molar-refractivity contribution is 9.10. The summed E-state index contributed by atoms with van der Waals surface area (Å²) in [7, 11) is -3.49. The van der Waals surface area contributed by atoms with E-state index in [1.165, 1.54) is 24.3 Å². The SMILES string of the molecule is O=S(=O)(c1ccc(F)cc1)C1CCCc2cc(Br)ccc21. The molecule has 2 aromatic rings. The van der Waals surface area contributed by atoms with E-state index < -0.39 is 20.9 Å². The van der Waals surface area contributed by atoms with Crippen LogP contribution in [0.15, 0.2) is 51.8 Å². The largest absolute Gasteiger partial charge is 0.223 e. The Morgan fingerprint density at radius 1 is 1.10 bits per heavy atom. The van der Waals surface area contributed by atoms with Crippen LogP contribution < -0.4 is 0 Å². The van der Waals surface area contributed by atoms with Crippen molar-refractivity contribution in [3.63, 3.8) is 0 Å². The van der Waals surface area contributed by atoms with Gasteiger partial charge in [-0.1, -0.05) is 22.0 Å². The molecule has 0 bridgehead atoms. The molecule has 0 fully saturated rings. The Labute approximate surface area is 132 Å². The average Bonchev–Trinajstić information content (AvgIpc) is 2.46. The summed E-state index contributed by atoms with van der Waals surface area (Å²) in [6, 6.07) is 10.8. The lowest BCUT2D eigenvalue weighted by atomic mass is 9.91. The number of rotatable bonds is 2. The zero-order valence-corrected chi connectivity index (χ0v) is 13.6. The molecular weight excluding hydrogens is 355 g/mol. The first-order chi connectivity index (χ1) is 9.98. The molecule has 0 spiro atoms. The minimum Gasteiger partial charge on any atom is -0.223 e. The Balaban J connectivity index is 2.07. The lowest BCUT2D eigenvalue weighted by molar-refractivity contribution is 0.559. The molecule has 1 unspecified atom stereocenters. The maximum Gasteiger partial charge on any atom is 0.185 e. The molecule has 0 saturated carbocycles. The zero-order chi connectivity index (χ0) is 15.0. The number of hydrogen-bond acceptors (Lipinski definition) is 2. The molecular formula is C16H14BrFO2S. The van der Waals surface area contributed by atoms with Gasteiger partial charge in [-0.25, -0.2) is 12.8 Å². The van der Waals surface area contributed by atoms with Gasteiger partial charge in [-0.15, -0.1) is 0 Å². The van der Waals surface area contributed by atoms with E-state index >= 15 is 0 Å². The fourth-order valence-electron chi connectivity index (χ4n) is 2.85. The fraction of sp³-hybridized carbons (Fsp3) is 0.250. The van der Waals surface area contributed by atoms with Crippen LogP contribution in [0.2, 0.25) is 0 Å². The van der Waals surface area contributed by atoms with Crippen LogP contribution in [0.3, 0.4) is 0 Å². The quantitative estimate of drug-likeness (QED) is 0.734. The monoisotopic (exact) mass is 368 g/mol. The Hall–Kier alpha value is -1.20. The lowest BCUT2D eigenvalue weighted by Gasteiger charge is -2.25. The normalized spacial score (nSPS) is 18.3. The number of aryl methyl sites for hydroxylation is 1. The van der Waals surface area contributed by atoms with Crippen LogP contribution in [0, 0.1) is 5.82 Å². The molecule has 0 aliphatic heterocycles. The minimum atomic E-state index is -3.49. The van der Waals surface area contributed by atoms with Crippen molar-refractivity contribution in [3.8, 4) is 0 Å². The number of halogens is 2. The van der Waals surface area contributed by atoms with Crippen molar-refractivity contribution in [1.29, 1.82) is 0 Å². The Morgan fingerprint density at radius 2 is 1.81 bits per heavy atom. The van der Waals surface area contributed by atoms with Crippen molar-refractivity contribution in [2.75, 3.05) is 0 Å². The smallest absolute Gasteiger partial charge is 0.185 e. The topological polar surface area (TPSA) is 34.1 Å². The first kappa shape index (κ1) is 14.7. The second-order valence-corrected chi connectivity index (χ2v) is 8.27. The summed E-state index contributed by atoms with van der Waals surface area (Å²) in [6.45, 7) is 0. The molecule has 0 N–H and O–H groups in total. The van der Waals surface area contributed by atoms with Crippen LogP contribution in [0.1, 0.15) is 29.2 Å².